The maximum absolute atomic E-state index is 14.3. The van der Waals surface area contributed by atoms with E-state index >= 15 is 0 Å². The van der Waals surface area contributed by atoms with Gasteiger partial charge >= 0.3 is 0 Å². The molecule has 8 heteroatoms. The number of benzene rings is 1. The minimum Gasteiger partial charge on any atom is -0.373 e. The Balaban J connectivity index is 0.00000196. The van der Waals surface area contributed by atoms with Crippen LogP contribution in [0, 0.1) is 5.82 Å². The molecule has 140 valence electrons. The first-order valence-electron chi connectivity index (χ1n) is 8.62. The molecule has 26 heavy (non-hydrogen) atoms. The van der Waals surface area contributed by atoms with Gasteiger partial charge in [0.1, 0.15) is 5.82 Å². The quantitative estimate of drug-likeness (QED) is 0.409. The zero-order chi connectivity index (χ0) is 17.2. The van der Waals surface area contributed by atoms with Crippen LogP contribution in [-0.4, -0.2) is 40.8 Å². The van der Waals surface area contributed by atoms with Gasteiger partial charge < -0.3 is 19.9 Å². The number of nitrogens with zero attached hydrogens (tertiary/aromatic N) is 3. The second-order valence-electron chi connectivity index (χ2n) is 6.54. The van der Waals surface area contributed by atoms with E-state index in [0.29, 0.717) is 24.4 Å². The summed E-state index contributed by atoms with van der Waals surface area (Å²) in [7, 11) is 1.74. The molecule has 1 aromatic carbocycles. The number of fused-ring (bicyclic) bond motifs is 2. The predicted molar refractivity (Wildman–Crippen MR) is 109 cm³/mol. The molecule has 2 saturated heterocycles. The van der Waals surface area contributed by atoms with Crippen LogP contribution in [0.5, 0.6) is 0 Å². The third-order valence-electron chi connectivity index (χ3n) is 4.91. The summed E-state index contributed by atoms with van der Waals surface area (Å²) < 4.78 is 21.8. The molecular formula is C18H23FIN5O. The van der Waals surface area contributed by atoms with Crippen molar-refractivity contribution in [3.63, 3.8) is 0 Å². The lowest BCUT2D eigenvalue weighted by Crippen LogP contribution is -2.47. The number of aromatic nitrogens is 2. The molecule has 2 aliphatic heterocycles. The van der Waals surface area contributed by atoms with Crippen LogP contribution in [0.2, 0.25) is 0 Å². The smallest absolute Gasteiger partial charge is 0.191 e. The zero-order valence-electron chi connectivity index (χ0n) is 14.6. The number of hydrogen-bond acceptors (Lipinski definition) is 3. The van der Waals surface area contributed by atoms with Crippen LogP contribution in [0.4, 0.5) is 4.39 Å². The van der Waals surface area contributed by atoms with E-state index < -0.39 is 0 Å². The van der Waals surface area contributed by atoms with Crippen LogP contribution in [0.3, 0.4) is 0 Å². The summed E-state index contributed by atoms with van der Waals surface area (Å²) in [5, 5.41) is 6.67. The Morgan fingerprint density at radius 2 is 2.31 bits per heavy atom. The first-order valence-corrected chi connectivity index (χ1v) is 8.62. The number of nitrogens with one attached hydrogen (secondary N) is 2. The van der Waals surface area contributed by atoms with Gasteiger partial charge in [-0.15, -0.1) is 24.0 Å². The normalized spacial score (nSPS) is 24.4. The number of halogens is 2. The fourth-order valence-corrected chi connectivity index (χ4v) is 3.62. The summed E-state index contributed by atoms with van der Waals surface area (Å²) in [6.07, 6.45) is 8.92. The first-order chi connectivity index (χ1) is 12.2. The van der Waals surface area contributed by atoms with Crippen molar-refractivity contribution in [3.8, 4) is 5.69 Å². The molecule has 0 aliphatic carbocycles. The summed E-state index contributed by atoms with van der Waals surface area (Å²) in [6, 6.07) is 5.51. The summed E-state index contributed by atoms with van der Waals surface area (Å²) >= 11 is 0. The third-order valence-corrected chi connectivity index (χ3v) is 4.91. The Morgan fingerprint density at radius 1 is 1.42 bits per heavy atom. The molecule has 0 spiro atoms. The molecule has 0 saturated carbocycles. The van der Waals surface area contributed by atoms with Gasteiger partial charge in [-0.1, -0.05) is 6.07 Å². The van der Waals surface area contributed by atoms with Crippen LogP contribution in [0.15, 0.2) is 41.9 Å². The van der Waals surface area contributed by atoms with E-state index in [-0.39, 0.29) is 35.9 Å². The van der Waals surface area contributed by atoms with Crippen molar-refractivity contribution in [2.24, 2.45) is 4.99 Å². The summed E-state index contributed by atoms with van der Waals surface area (Å²) in [4.78, 5) is 8.21. The van der Waals surface area contributed by atoms with E-state index in [4.69, 9.17) is 4.74 Å². The Hall–Kier alpha value is -1.68. The van der Waals surface area contributed by atoms with E-state index in [0.717, 1.165) is 30.8 Å². The van der Waals surface area contributed by atoms with Crippen molar-refractivity contribution in [2.45, 2.75) is 44.1 Å². The molecule has 2 bridgehead atoms. The number of imidazole rings is 1. The molecule has 0 amide bonds. The van der Waals surface area contributed by atoms with Gasteiger partial charge in [0, 0.05) is 26.0 Å². The number of ether oxygens (including phenoxy) is 1. The third kappa shape index (κ3) is 4.01. The largest absolute Gasteiger partial charge is 0.373 e. The highest BCUT2D eigenvalue weighted by Crippen LogP contribution is 2.34. The van der Waals surface area contributed by atoms with Gasteiger partial charge in [-0.3, -0.25) is 4.99 Å². The molecule has 2 fully saturated rings. The van der Waals surface area contributed by atoms with Gasteiger partial charge in [0.05, 0.1) is 30.3 Å². The molecule has 6 nitrogen and oxygen atoms in total. The van der Waals surface area contributed by atoms with Crippen molar-refractivity contribution in [2.75, 3.05) is 7.05 Å². The summed E-state index contributed by atoms with van der Waals surface area (Å²) in [6.45, 7) is 0.502. The Kier molecular flexibility index (Phi) is 6.13. The van der Waals surface area contributed by atoms with Crippen molar-refractivity contribution >= 4 is 29.9 Å². The van der Waals surface area contributed by atoms with Gasteiger partial charge in [-0.2, -0.15) is 0 Å². The highest BCUT2D eigenvalue weighted by molar-refractivity contribution is 14.0. The van der Waals surface area contributed by atoms with Crippen LogP contribution in [0.25, 0.3) is 5.69 Å². The molecule has 2 N–H and O–H groups in total. The molecule has 4 rings (SSSR count). The van der Waals surface area contributed by atoms with Crippen molar-refractivity contribution in [1.29, 1.82) is 0 Å². The van der Waals surface area contributed by atoms with E-state index in [2.05, 4.69) is 20.6 Å². The van der Waals surface area contributed by atoms with Crippen molar-refractivity contribution in [1.82, 2.24) is 20.2 Å². The van der Waals surface area contributed by atoms with Crippen molar-refractivity contribution in [3.05, 3.63) is 48.3 Å². The SMILES string of the molecule is CN=C(NCc1ccc(-n2ccnc2)c(F)c1)NC1CC2CCC1O2.I. The van der Waals surface area contributed by atoms with Crippen LogP contribution < -0.4 is 10.6 Å². The number of rotatable bonds is 4. The molecule has 2 aromatic rings. The van der Waals surface area contributed by atoms with E-state index in [9.17, 15) is 4.39 Å². The first kappa shape index (κ1) is 19.1. The van der Waals surface area contributed by atoms with Crippen molar-refractivity contribution < 1.29 is 9.13 Å². The van der Waals surface area contributed by atoms with Gasteiger partial charge in [0.15, 0.2) is 5.96 Å². The van der Waals surface area contributed by atoms with Gasteiger partial charge in [0.2, 0.25) is 0 Å². The summed E-state index contributed by atoms with van der Waals surface area (Å²) in [5.74, 6) is 0.446. The second kappa shape index (κ2) is 8.34. The fourth-order valence-electron chi connectivity index (χ4n) is 3.62. The van der Waals surface area contributed by atoms with Crippen LogP contribution in [-0.2, 0) is 11.3 Å². The van der Waals surface area contributed by atoms with Crippen LogP contribution >= 0.6 is 24.0 Å². The molecule has 0 radical (unpaired) electrons. The zero-order valence-corrected chi connectivity index (χ0v) is 16.9. The minimum atomic E-state index is -0.276. The Bertz CT molecular complexity index is 767. The Labute approximate surface area is 169 Å². The monoisotopic (exact) mass is 471 g/mol. The van der Waals surface area contributed by atoms with E-state index in [1.165, 1.54) is 6.07 Å². The lowest BCUT2D eigenvalue weighted by molar-refractivity contribution is 0.0992. The van der Waals surface area contributed by atoms with Gasteiger partial charge in [-0.25, -0.2) is 9.37 Å². The van der Waals surface area contributed by atoms with E-state index in [1.54, 1.807) is 36.4 Å². The molecule has 2 aliphatic rings. The lowest BCUT2D eigenvalue weighted by atomic mass is 9.96. The molecule has 1 aromatic heterocycles. The van der Waals surface area contributed by atoms with Gasteiger partial charge in [-0.05, 0) is 37.0 Å². The topological polar surface area (TPSA) is 63.5 Å². The fraction of sp³-hybridized carbons (Fsp3) is 0.444. The maximum atomic E-state index is 14.3. The molecular weight excluding hydrogens is 448 g/mol. The molecule has 3 atom stereocenters. The molecule has 3 unspecified atom stereocenters. The standard InChI is InChI=1S/C18H22FN5O.HI/c1-20-18(23-15-9-13-3-5-17(15)25-13)22-10-12-2-4-16(14(19)8-12)24-7-6-21-11-24;/h2,4,6-8,11,13,15,17H,3,5,9-10H2,1H3,(H2,20,22,23);1H. The lowest BCUT2D eigenvalue weighted by Gasteiger charge is -2.22. The maximum Gasteiger partial charge on any atom is 0.191 e. The number of hydrogen-bond donors (Lipinski definition) is 2. The summed E-state index contributed by atoms with van der Waals surface area (Å²) in [5.41, 5.74) is 1.34. The van der Waals surface area contributed by atoms with Gasteiger partial charge in [0.25, 0.3) is 0 Å². The number of aliphatic imine (C=N–C) groups is 1. The predicted octanol–water partition coefficient (Wildman–Crippen LogP) is 2.61. The van der Waals surface area contributed by atoms with E-state index in [1.807, 2.05) is 6.07 Å². The Morgan fingerprint density at radius 3 is 2.92 bits per heavy atom. The van der Waals surface area contributed by atoms with Crippen LogP contribution in [0.1, 0.15) is 24.8 Å². The highest BCUT2D eigenvalue weighted by atomic mass is 127. The average Bonchev–Trinajstić information content (AvgIpc) is 3.36. The average molecular weight is 471 g/mol. The minimum absolute atomic E-state index is 0. The highest BCUT2D eigenvalue weighted by Gasteiger charge is 2.41. The number of guanidine groups is 1. The second-order valence-corrected chi connectivity index (χ2v) is 6.54. The molecule has 3 heterocycles.